The van der Waals surface area contributed by atoms with Gasteiger partial charge < -0.3 is 15.4 Å². The van der Waals surface area contributed by atoms with Gasteiger partial charge in [-0.2, -0.15) is 10.4 Å². The zero-order chi connectivity index (χ0) is 26.4. The normalized spacial score (nSPS) is 12.0. The van der Waals surface area contributed by atoms with Crippen LogP contribution >= 0.6 is 0 Å². The number of aromatic hydroxyl groups is 1. The number of para-hydroxylation sites is 1. The number of fused-ring (bicyclic) bond motifs is 2. The molecule has 1 atom stereocenters. The Morgan fingerprint density at radius 3 is 2.74 bits per heavy atom. The third-order valence-corrected chi connectivity index (χ3v) is 6.50. The fourth-order valence-corrected chi connectivity index (χ4v) is 4.74. The van der Waals surface area contributed by atoms with Crippen LogP contribution in [0.1, 0.15) is 29.9 Å². The third-order valence-electron chi connectivity index (χ3n) is 6.50. The Morgan fingerprint density at radius 2 is 1.95 bits per heavy atom. The van der Waals surface area contributed by atoms with Crippen molar-refractivity contribution < 1.29 is 5.11 Å². The molecule has 0 saturated heterocycles. The van der Waals surface area contributed by atoms with Crippen molar-refractivity contribution in [2.24, 2.45) is 0 Å². The summed E-state index contributed by atoms with van der Waals surface area (Å²) in [6.45, 7) is 3.80. The molecule has 4 heterocycles. The number of aryl methyl sites for hydroxylation is 1. The van der Waals surface area contributed by atoms with E-state index in [1.807, 2.05) is 50.2 Å². The summed E-state index contributed by atoms with van der Waals surface area (Å²) in [6, 6.07) is 17.6. The number of aromatic amines is 1. The average molecular weight is 503 g/mol. The summed E-state index contributed by atoms with van der Waals surface area (Å²) in [7, 11) is 0. The quantitative estimate of drug-likeness (QED) is 0.316. The maximum absolute atomic E-state index is 13.7. The van der Waals surface area contributed by atoms with Crippen LogP contribution in [0, 0.1) is 18.3 Å². The van der Waals surface area contributed by atoms with Gasteiger partial charge in [0.15, 0.2) is 5.82 Å². The van der Waals surface area contributed by atoms with Crippen LogP contribution in [0.2, 0.25) is 0 Å². The standard InChI is InChI=1S/C28H22N8O2/c1-16-8-9-35-24(16)28(38)36(20-6-4-3-5-7-20)27(34-35)17(2)33-26-23-22(14-30-25(23)31-15-32-26)19-10-18(13-29)11-21(37)12-19/h3-12,14-15,17,37H,1-2H3,(H2,30,31,32,33). The lowest BCUT2D eigenvalue weighted by atomic mass is 10.0. The number of nitrogens with one attached hydrogen (secondary N) is 2. The van der Waals surface area contributed by atoms with Gasteiger partial charge >= 0.3 is 0 Å². The first-order chi connectivity index (χ1) is 18.4. The SMILES string of the molecule is Cc1ccn2nc(C(C)Nc3ncnc4[nH]cc(-c5cc(O)cc(C#N)c5)c34)n(-c3ccccc3)c(=O)c12. The number of phenols is 1. The lowest BCUT2D eigenvalue weighted by Gasteiger charge is -2.20. The predicted octanol–water partition coefficient (Wildman–Crippen LogP) is 4.48. The number of phenolic OH excluding ortho intramolecular Hbond substituents is 1. The van der Waals surface area contributed by atoms with E-state index in [9.17, 15) is 15.2 Å². The van der Waals surface area contributed by atoms with Gasteiger partial charge in [0, 0.05) is 18.0 Å². The van der Waals surface area contributed by atoms with Gasteiger partial charge in [0.1, 0.15) is 29.1 Å². The smallest absolute Gasteiger partial charge is 0.282 e. The lowest BCUT2D eigenvalue weighted by molar-refractivity contribution is 0.475. The molecule has 6 aromatic rings. The minimum atomic E-state index is -0.449. The molecule has 6 rings (SSSR count). The fraction of sp³-hybridized carbons (Fsp3) is 0.107. The molecular formula is C28H22N8O2. The molecule has 0 aliphatic heterocycles. The number of hydrogen-bond donors (Lipinski definition) is 3. The second-order valence-electron chi connectivity index (χ2n) is 9.02. The molecule has 4 aromatic heterocycles. The molecule has 0 saturated carbocycles. The van der Waals surface area contributed by atoms with Crippen molar-refractivity contribution in [2.75, 3.05) is 5.32 Å². The zero-order valence-corrected chi connectivity index (χ0v) is 20.5. The molecule has 3 N–H and O–H groups in total. The van der Waals surface area contributed by atoms with E-state index in [2.05, 4.69) is 26.3 Å². The number of aromatic nitrogens is 6. The molecule has 10 nitrogen and oxygen atoms in total. The van der Waals surface area contributed by atoms with Gasteiger partial charge in [-0.3, -0.25) is 9.36 Å². The number of nitriles is 1. The van der Waals surface area contributed by atoms with Crippen LogP contribution in [0.4, 0.5) is 5.82 Å². The average Bonchev–Trinajstić information content (AvgIpc) is 3.53. The summed E-state index contributed by atoms with van der Waals surface area (Å²) in [5.74, 6) is 0.995. The number of anilines is 1. The van der Waals surface area contributed by atoms with Gasteiger partial charge in [-0.05, 0) is 61.4 Å². The van der Waals surface area contributed by atoms with Crippen LogP contribution in [0.25, 0.3) is 33.4 Å². The van der Waals surface area contributed by atoms with Crippen LogP contribution < -0.4 is 10.9 Å². The Morgan fingerprint density at radius 1 is 1.13 bits per heavy atom. The molecule has 2 aromatic carbocycles. The molecule has 0 bridgehead atoms. The predicted molar refractivity (Wildman–Crippen MR) is 143 cm³/mol. The molecule has 0 aliphatic carbocycles. The number of benzene rings is 2. The van der Waals surface area contributed by atoms with E-state index in [4.69, 9.17) is 5.10 Å². The van der Waals surface area contributed by atoms with E-state index in [1.165, 1.54) is 12.4 Å². The van der Waals surface area contributed by atoms with Crippen LogP contribution in [0.5, 0.6) is 5.75 Å². The molecule has 10 heteroatoms. The van der Waals surface area contributed by atoms with Crippen LogP contribution in [-0.2, 0) is 0 Å². The van der Waals surface area contributed by atoms with Gasteiger partial charge in [0.25, 0.3) is 5.56 Å². The van der Waals surface area contributed by atoms with Crippen molar-refractivity contribution in [1.82, 2.24) is 29.1 Å². The lowest BCUT2D eigenvalue weighted by Crippen LogP contribution is -2.29. The van der Waals surface area contributed by atoms with Crippen molar-refractivity contribution in [3.8, 4) is 28.6 Å². The monoisotopic (exact) mass is 502 g/mol. The molecular weight excluding hydrogens is 480 g/mol. The second-order valence-corrected chi connectivity index (χ2v) is 9.02. The van der Waals surface area contributed by atoms with Crippen molar-refractivity contribution in [3.63, 3.8) is 0 Å². The fourth-order valence-electron chi connectivity index (χ4n) is 4.74. The van der Waals surface area contributed by atoms with Crippen LogP contribution in [0.3, 0.4) is 0 Å². The van der Waals surface area contributed by atoms with E-state index < -0.39 is 6.04 Å². The molecule has 1 unspecified atom stereocenters. The number of rotatable bonds is 5. The first-order valence-electron chi connectivity index (χ1n) is 11.9. The van der Waals surface area contributed by atoms with Gasteiger partial charge in [-0.25, -0.2) is 14.5 Å². The summed E-state index contributed by atoms with van der Waals surface area (Å²) in [6.07, 6.45) is 4.98. The van der Waals surface area contributed by atoms with Crippen LogP contribution in [-0.4, -0.2) is 34.2 Å². The molecule has 0 amide bonds. The van der Waals surface area contributed by atoms with Crippen molar-refractivity contribution >= 4 is 22.4 Å². The Balaban J connectivity index is 1.50. The van der Waals surface area contributed by atoms with E-state index in [0.29, 0.717) is 50.6 Å². The Kier molecular flexibility index (Phi) is 5.39. The van der Waals surface area contributed by atoms with Crippen molar-refractivity contribution in [3.05, 3.63) is 101 Å². The maximum atomic E-state index is 13.7. The van der Waals surface area contributed by atoms with Gasteiger partial charge in [-0.15, -0.1) is 0 Å². The first kappa shape index (κ1) is 23.0. The van der Waals surface area contributed by atoms with Crippen LogP contribution in [0.15, 0.2) is 78.1 Å². The number of H-pyrrole nitrogens is 1. The summed E-state index contributed by atoms with van der Waals surface area (Å²) < 4.78 is 3.23. The Hall–Kier alpha value is -5.43. The highest BCUT2D eigenvalue weighted by atomic mass is 16.3. The van der Waals surface area contributed by atoms with Gasteiger partial charge in [-0.1, -0.05) is 18.2 Å². The highest BCUT2D eigenvalue weighted by molar-refractivity contribution is 6.01. The molecule has 0 aliphatic rings. The highest BCUT2D eigenvalue weighted by Crippen LogP contribution is 2.35. The molecule has 186 valence electrons. The van der Waals surface area contributed by atoms with E-state index in [-0.39, 0.29) is 11.3 Å². The first-order valence-corrected chi connectivity index (χ1v) is 11.9. The van der Waals surface area contributed by atoms with Crippen molar-refractivity contribution in [2.45, 2.75) is 19.9 Å². The largest absolute Gasteiger partial charge is 0.508 e. The Bertz CT molecular complexity index is 1930. The minimum absolute atomic E-state index is 0.0143. The minimum Gasteiger partial charge on any atom is -0.508 e. The zero-order valence-electron chi connectivity index (χ0n) is 20.5. The molecule has 0 radical (unpaired) electrons. The van der Waals surface area contributed by atoms with E-state index >= 15 is 0 Å². The van der Waals surface area contributed by atoms with E-state index in [0.717, 1.165) is 5.56 Å². The highest BCUT2D eigenvalue weighted by Gasteiger charge is 2.22. The summed E-state index contributed by atoms with van der Waals surface area (Å²) in [5, 5.41) is 28.4. The van der Waals surface area contributed by atoms with Crippen molar-refractivity contribution in [1.29, 1.82) is 5.26 Å². The summed E-state index contributed by atoms with van der Waals surface area (Å²) in [5.41, 5.74) is 4.16. The molecule has 0 spiro atoms. The van der Waals surface area contributed by atoms with E-state index in [1.54, 1.807) is 33.6 Å². The maximum Gasteiger partial charge on any atom is 0.282 e. The molecule has 38 heavy (non-hydrogen) atoms. The number of hydrogen-bond acceptors (Lipinski definition) is 7. The Labute approximate surface area is 216 Å². The summed E-state index contributed by atoms with van der Waals surface area (Å²) in [4.78, 5) is 25.7. The number of nitrogens with zero attached hydrogens (tertiary/aromatic N) is 6. The van der Waals surface area contributed by atoms with Gasteiger partial charge in [0.05, 0.1) is 28.7 Å². The summed E-state index contributed by atoms with van der Waals surface area (Å²) >= 11 is 0. The second kappa shape index (κ2) is 8.90. The third kappa shape index (κ3) is 3.74. The van der Waals surface area contributed by atoms with Gasteiger partial charge in [0.2, 0.25) is 0 Å². The topological polar surface area (TPSA) is 137 Å². The molecule has 0 fully saturated rings.